The Hall–Kier alpha value is -1.36. The number of carboxylic acid groups (broad SMARTS) is 1. The molecule has 0 fully saturated rings. The highest BCUT2D eigenvalue weighted by Crippen LogP contribution is 2.23. The lowest BCUT2D eigenvalue weighted by Gasteiger charge is -2.30. The predicted molar refractivity (Wildman–Crippen MR) is 84.6 cm³/mol. The van der Waals surface area contributed by atoms with E-state index in [1.54, 1.807) is 6.92 Å². The van der Waals surface area contributed by atoms with Gasteiger partial charge >= 0.3 is 5.97 Å². The number of hydrogen-bond donors (Lipinski definition) is 2. The van der Waals surface area contributed by atoms with Crippen LogP contribution in [-0.4, -0.2) is 32.9 Å². The minimum atomic E-state index is -0.918. The molecule has 0 aliphatic rings. The number of nitrogens with zero attached hydrogens (tertiary/aromatic N) is 2. The molecule has 1 aromatic rings. The van der Waals surface area contributed by atoms with E-state index in [0.29, 0.717) is 13.0 Å². The number of hydrogen-bond acceptors (Lipinski definition) is 3. The highest BCUT2D eigenvalue weighted by Gasteiger charge is 2.35. The lowest BCUT2D eigenvalue weighted by molar-refractivity contribution is -0.144. The highest BCUT2D eigenvalue weighted by atomic mass is 16.4. The summed E-state index contributed by atoms with van der Waals surface area (Å²) in [6.07, 6.45) is 3.24. The summed E-state index contributed by atoms with van der Waals surface area (Å²) in [5, 5.41) is 17.3. The van der Waals surface area contributed by atoms with E-state index >= 15 is 0 Å². The van der Waals surface area contributed by atoms with E-state index < -0.39 is 11.5 Å². The first-order valence-electron chi connectivity index (χ1n) is 7.93. The number of aryl methyl sites for hydroxylation is 2. The maximum Gasteiger partial charge on any atom is 0.323 e. The Bertz CT molecular complexity index is 470. The lowest BCUT2D eigenvalue weighted by atomic mass is 9.93. The van der Waals surface area contributed by atoms with Crippen LogP contribution in [0.25, 0.3) is 0 Å². The highest BCUT2D eigenvalue weighted by molar-refractivity contribution is 5.78. The van der Waals surface area contributed by atoms with Crippen molar-refractivity contribution in [1.82, 2.24) is 15.1 Å². The number of nitrogens with one attached hydrogen (secondary N) is 1. The zero-order chi connectivity index (χ0) is 16.0. The largest absolute Gasteiger partial charge is 0.480 e. The third kappa shape index (κ3) is 4.30. The van der Waals surface area contributed by atoms with E-state index in [9.17, 15) is 9.90 Å². The van der Waals surface area contributed by atoms with E-state index in [4.69, 9.17) is 0 Å². The SMILES string of the molecule is CCCNC(C)(CC(C)n1nc(CC)cc1CC)C(=O)O. The summed E-state index contributed by atoms with van der Waals surface area (Å²) in [7, 11) is 0. The molecule has 21 heavy (non-hydrogen) atoms. The van der Waals surface area contributed by atoms with Gasteiger partial charge in [0.1, 0.15) is 5.54 Å². The van der Waals surface area contributed by atoms with Crippen LogP contribution in [0, 0.1) is 0 Å². The third-order valence-corrected chi connectivity index (χ3v) is 3.95. The van der Waals surface area contributed by atoms with Gasteiger partial charge in [0.15, 0.2) is 0 Å². The van der Waals surface area contributed by atoms with Gasteiger partial charge in [0.25, 0.3) is 0 Å². The molecule has 1 aromatic heterocycles. The lowest BCUT2D eigenvalue weighted by Crippen LogP contribution is -2.51. The molecule has 0 aliphatic heterocycles. The number of carboxylic acids is 1. The van der Waals surface area contributed by atoms with Crippen molar-refractivity contribution in [3.05, 3.63) is 17.5 Å². The molecular formula is C16H29N3O2. The van der Waals surface area contributed by atoms with Crippen molar-refractivity contribution < 1.29 is 9.90 Å². The van der Waals surface area contributed by atoms with E-state index in [2.05, 4.69) is 30.3 Å². The van der Waals surface area contributed by atoms with Gasteiger partial charge in [-0.05, 0) is 52.1 Å². The second-order valence-electron chi connectivity index (χ2n) is 5.90. The van der Waals surface area contributed by atoms with Crippen molar-refractivity contribution in [2.45, 2.75) is 71.9 Å². The fourth-order valence-electron chi connectivity index (χ4n) is 2.62. The minimum absolute atomic E-state index is 0.0470. The molecule has 2 N–H and O–H groups in total. The van der Waals surface area contributed by atoms with E-state index in [1.807, 2.05) is 18.5 Å². The van der Waals surface area contributed by atoms with Crippen molar-refractivity contribution in [1.29, 1.82) is 0 Å². The smallest absolute Gasteiger partial charge is 0.323 e. The first-order chi connectivity index (χ1) is 9.87. The van der Waals surface area contributed by atoms with Crippen LogP contribution in [0.15, 0.2) is 6.07 Å². The average Bonchev–Trinajstić information content (AvgIpc) is 2.88. The maximum atomic E-state index is 11.6. The summed E-state index contributed by atoms with van der Waals surface area (Å²) in [6, 6.07) is 2.17. The van der Waals surface area contributed by atoms with Gasteiger partial charge in [-0.1, -0.05) is 20.8 Å². The van der Waals surface area contributed by atoms with Crippen LogP contribution >= 0.6 is 0 Å². The third-order valence-electron chi connectivity index (χ3n) is 3.95. The number of aromatic nitrogens is 2. The predicted octanol–water partition coefficient (Wildman–Crippen LogP) is 2.80. The molecule has 0 radical (unpaired) electrons. The van der Waals surface area contributed by atoms with E-state index in [0.717, 1.165) is 25.0 Å². The van der Waals surface area contributed by atoms with Gasteiger partial charge in [-0.3, -0.25) is 9.48 Å². The quantitative estimate of drug-likeness (QED) is 0.735. The summed E-state index contributed by atoms with van der Waals surface area (Å²) in [5.41, 5.74) is 1.32. The summed E-state index contributed by atoms with van der Waals surface area (Å²) >= 11 is 0. The van der Waals surface area contributed by atoms with Crippen LogP contribution in [0.5, 0.6) is 0 Å². The van der Waals surface area contributed by atoms with Gasteiger partial charge in [0.05, 0.1) is 11.7 Å². The molecular weight excluding hydrogens is 266 g/mol. The van der Waals surface area contributed by atoms with Crippen molar-refractivity contribution in [3.8, 4) is 0 Å². The van der Waals surface area contributed by atoms with Crippen molar-refractivity contribution in [2.75, 3.05) is 6.54 Å². The fourth-order valence-corrected chi connectivity index (χ4v) is 2.62. The molecule has 0 bridgehead atoms. The molecule has 0 saturated carbocycles. The molecule has 2 atom stereocenters. The Kier molecular flexibility index (Phi) is 6.40. The zero-order valence-corrected chi connectivity index (χ0v) is 13.9. The van der Waals surface area contributed by atoms with Crippen LogP contribution in [0.3, 0.4) is 0 Å². The Balaban J connectivity index is 2.93. The molecule has 1 rings (SSSR count). The Morgan fingerprint density at radius 3 is 2.57 bits per heavy atom. The molecule has 0 saturated heterocycles. The van der Waals surface area contributed by atoms with Crippen LogP contribution < -0.4 is 5.32 Å². The van der Waals surface area contributed by atoms with Gasteiger partial charge in [0.2, 0.25) is 0 Å². The molecule has 1 heterocycles. The van der Waals surface area contributed by atoms with E-state index in [1.165, 1.54) is 5.69 Å². The van der Waals surface area contributed by atoms with Crippen LogP contribution in [0.2, 0.25) is 0 Å². The number of rotatable bonds is 9. The molecule has 0 aliphatic carbocycles. The van der Waals surface area contributed by atoms with Gasteiger partial charge in [-0.25, -0.2) is 0 Å². The Labute approximate surface area is 127 Å². The topological polar surface area (TPSA) is 67.2 Å². The molecule has 2 unspecified atom stereocenters. The Morgan fingerprint density at radius 1 is 1.43 bits per heavy atom. The number of aliphatic carboxylic acids is 1. The Morgan fingerprint density at radius 2 is 2.10 bits per heavy atom. The fraction of sp³-hybridized carbons (Fsp3) is 0.750. The van der Waals surface area contributed by atoms with Crippen molar-refractivity contribution in [2.24, 2.45) is 0 Å². The van der Waals surface area contributed by atoms with Crippen LogP contribution in [0.1, 0.15) is 64.9 Å². The van der Waals surface area contributed by atoms with Crippen LogP contribution in [0.4, 0.5) is 0 Å². The summed E-state index contributed by atoms with van der Waals surface area (Å²) in [5.74, 6) is -0.802. The molecule has 0 aromatic carbocycles. The van der Waals surface area contributed by atoms with Gasteiger partial charge in [0, 0.05) is 5.69 Å². The summed E-state index contributed by atoms with van der Waals surface area (Å²) in [4.78, 5) is 11.6. The van der Waals surface area contributed by atoms with Crippen LogP contribution in [-0.2, 0) is 17.6 Å². The second-order valence-corrected chi connectivity index (χ2v) is 5.90. The molecule has 0 spiro atoms. The normalized spacial score (nSPS) is 15.7. The maximum absolute atomic E-state index is 11.6. The standard InChI is InChI=1S/C16H29N3O2/c1-6-9-17-16(5,15(20)21)11-12(4)19-14(8-3)10-13(7-2)18-19/h10,12,17H,6-9,11H2,1-5H3,(H,20,21). The molecule has 5 heteroatoms. The van der Waals surface area contributed by atoms with Crippen molar-refractivity contribution in [3.63, 3.8) is 0 Å². The van der Waals surface area contributed by atoms with E-state index in [-0.39, 0.29) is 6.04 Å². The zero-order valence-electron chi connectivity index (χ0n) is 13.9. The second kappa shape index (κ2) is 7.59. The molecule has 5 nitrogen and oxygen atoms in total. The van der Waals surface area contributed by atoms with Gasteiger partial charge < -0.3 is 10.4 Å². The molecule has 0 amide bonds. The average molecular weight is 295 g/mol. The van der Waals surface area contributed by atoms with Gasteiger partial charge in [-0.15, -0.1) is 0 Å². The first kappa shape index (κ1) is 17.7. The minimum Gasteiger partial charge on any atom is -0.480 e. The molecule has 120 valence electrons. The van der Waals surface area contributed by atoms with Gasteiger partial charge in [-0.2, -0.15) is 5.10 Å². The number of carbonyl (C=O) groups is 1. The summed E-state index contributed by atoms with van der Waals surface area (Å²) in [6.45, 7) is 10.7. The first-order valence-corrected chi connectivity index (χ1v) is 7.93. The summed E-state index contributed by atoms with van der Waals surface area (Å²) < 4.78 is 1.99. The van der Waals surface area contributed by atoms with Crippen molar-refractivity contribution >= 4 is 5.97 Å². The monoisotopic (exact) mass is 295 g/mol.